The number of nitrogens with one attached hydrogen (secondary N) is 1. The average Bonchev–Trinajstić information content (AvgIpc) is 2.47. The number of ether oxygens (including phenoxy) is 1. The first kappa shape index (κ1) is 14.0. The number of benzene rings is 1. The number of pyridine rings is 1. The van der Waals surface area contributed by atoms with E-state index in [0.29, 0.717) is 29.2 Å². The molecule has 0 saturated heterocycles. The number of carbonyl (C=O) groups is 1. The number of methoxy groups -OCH3 is 1. The summed E-state index contributed by atoms with van der Waals surface area (Å²) in [6, 6.07) is 8.94. The van der Waals surface area contributed by atoms with Crippen LogP contribution >= 0.6 is 0 Å². The number of aryl methyl sites for hydroxylation is 1. The molecule has 0 spiro atoms. The van der Waals surface area contributed by atoms with Crippen molar-refractivity contribution in [2.24, 2.45) is 5.73 Å². The first-order chi connectivity index (χ1) is 9.63. The van der Waals surface area contributed by atoms with Gasteiger partial charge in [-0.15, -0.1) is 0 Å². The van der Waals surface area contributed by atoms with E-state index < -0.39 is 0 Å². The number of aromatic nitrogens is 1. The topological polar surface area (TPSA) is 77.2 Å². The second-order valence-corrected chi connectivity index (χ2v) is 4.40. The van der Waals surface area contributed by atoms with Crippen molar-refractivity contribution in [2.45, 2.75) is 13.5 Å². The quantitative estimate of drug-likeness (QED) is 0.892. The van der Waals surface area contributed by atoms with Crippen LogP contribution in [-0.2, 0) is 6.54 Å². The summed E-state index contributed by atoms with van der Waals surface area (Å²) in [5.74, 6) is 0.406. The lowest BCUT2D eigenvalue weighted by Crippen LogP contribution is -2.14. The van der Waals surface area contributed by atoms with E-state index in [1.165, 1.54) is 0 Å². The maximum absolute atomic E-state index is 12.2. The van der Waals surface area contributed by atoms with Gasteiger partial charge < -0.3 is 15.8 Å². The molecule has 1 aromatic heterocycles. The molecular formula is C15H17N3O2. The van der Waals surface area contributed by atoms with Gasteiger partial charge in [0.05, 0.1) is 18.5 Å². The van der Waals surface area contributed by atoms with Crippen LogP contribution in [-0.4, -0.2) is 18.0 Å². The van der Waals surface area contributed by atoms with E-state index in [0.717, 1.165) is 5.56 Å². The van der Waals surface area contributed by atoms with Crippen LogP contribution in [0.4, 0.5) is 5.69 Å². The number of amides is 1. The Labute approximate surface area is 117 Å². The van der Waals surface area contributed by atoms with Gasteiger partial charge in [0.15, 0.2) is 0 Å². The van der Waals surface area contributed by atoms with Gasteiger partial charge >= 0.3 is 0 Å². The largest absolute Gasteiger partial charge is 0.495 e. The van der Waals surface area contributed by atoms with E-state index in [1.807, 2.05) is 25.1 Å². The maximum atomic E-state index is 12.2. The lowest BCUT2D eigenvalue weighted by atomic mass is 10.1. The van der Waals surface area contributed by atoms with Crippen LogP contribution in [0.3, 0.4) is 0 Å². The molecule has 0 aliphatic heterocycles. The summed E-state index contributed by atoms with van der Waals surface area (Å²) in [6.45, 7) is 2.25. The van der Waals surface area contributed by atoms with Crippen LogP contribution in [0.1, 0.15) is 21.6 Å². The van der Waals surface area contributed by atoms with E-state index in [-0.39, 0.29) is 5.91 Å². The van der Waals surface area contributed by atoms with Crippen molar-refractivity contribution < 1.29 is 9.53 Å². The van der Waals surface area contributed by atoms with Gasteiger partial charge in [0.1, 0.15) is 5.75 Å². The Morgan fingerprint density at radius 2 is 2.15 bits per heavy atom. The summed E-state index contributed by atoms with van der Waals surface area (Å²) in [7, 11) is 1.57. The SMILES string of the molecule is COc1ccc(C)cc1NC(=O)c1ccnc(CN)c1. The zero-order valence-corrected chi connectivity index (χ0v) is 11.5. The fraction of sp³-hybridized carbons (Fsp3) is 0.200. The van der Waals surface area contributed by atoms with Crippen molar-refractivity contribution in [3.8, 4) is 5.75 Å². The fourth-order valence-corrected chi connectivity index (χ4v) is 1.85. The Morgan fingerprint density at radius 1 is 1.35 bits per heavy atom. The highest BCUT2D eigenvalue weighted by atomic mass is 16.5. The van der Waals surface area contributed by atoms with Gasteiger partial charge in [0.2, 0.25) is 0 Å². The zero-order chi connectivity index (χ0) is 14.5. The lowest BCUT2D eigenvalue weighted by molar-refractivity contribution is 0.102. The molecular weight excluding hydrogens is 254 g/mol. The molecule has 5 nitrogen and oxygen atoms in total. The van der Waals surface area contributed by atoms with Crippen LogP contribution in [0.2, 0.25) is 0 Å². The van der Waals surface area contributed by atoms with Gasteiger partial charge in [0, 0.05) is 18.3 Å². The molecule has 1 aromatic carbocycles. The number of rotatable bonds is 4. The number of hydrogen-bond acceptors (Lipinski definition) is 4. The van der Waals surface area contributed by atoms with Crippen LogP contribution in [0.15, 0.2) is 36.5 Å². The Morgan fingerprint density at radius 3 is 2.85 bits per heavy atom. The lowest BCUT2D eigenvalue weighted by Gasteiger charge is -2.11. The molecule has 5 heteroatoms. The molecule has 104 valence electrons. The molecule has 1 amide bonds. The third-order valence-electron chi connectivity index (χ3n) is 2.89. The number of nitrogens with zero attached hydrogens (tertiary/aromatic N) is 1. The van der Waals surface area contributed by atoms with Crippen molar-refractivity contribution in [1.82, 2.24) is 4.98 Å². The minimum absolute atomic E-state index is 0.217. The van der Waals surface area contributed by atoms with Gasteiger partial charge in [-0.1, -0.05) is 6.07 Å². The Kier molecular flexibility index (Phi) is 4.32. The van der Waals surface area contributed by atoms with Crippen LogP contribution < -0.4 is 15.8 Å². The molecule has 20 heavy (non-hydrogen) atoms. The maximum Gasteiger partial charge on any atom is 0.255 e. The van der Waals surface area contributed by atoms with Gasteiger partial charge in [-0.25, -0.2) is 0 Å². The summed E-state index contributed by atoms with van der Waals surface area (Å²) in [5.41, 5.74) is 8.40. The standard InChI is InChI=1S/C15H17N3O2/c1-10-3-4-14(20-2)13(7-10)18-15(19)11-5-6-17-12(8-11)9-16/h3-8H,9,16H2,1-2H3,(H,18,19). The first-order valence-corrected chi connectivity index (χ1v) is 6.25. The van der Waals surface area contributed by atoms with Gasteiger partial charge in [0.25, 0.3) is 5.91 Å². The number of nitrogens with two attached hydrogens (primary N) is 1. The monoisotopic (exact) mass is 271 g/mol. The summed E-state index contributed by atoms with van der Waals surface area (Å²) >= 11 is 0. The second kappa shape index (κ2) is 6.16. The normalized spacial score (nSPS) is 10.2. The second-order valence-electron chi connectivity index (χ2n) is 4.40. The third kappa shape index (κ3) is 3.13. The van der Waals surface area contributed by atoms with E-state index >= 15 is 0 Å². The molecule has 0 unspecified atom stereocenters. The summed E-state index contributed by atoms with van der Waals surface area (Å²) in [4.78, 5) is 16.3. The van der Waals surface area contributed by atoms with Crippen molar-refractivity contribution in [2.75, 3.05) is 12.4 Å². The molecule has 0 fully saturated rings. The summed E-state index contributed by atoms with van der Waals surface area (Å²) < 4.78 is 5.23. The third-order valence-corrected chi connectivity index (χ3v) is 2.89. The molecule has 0 saturated carbocycles. The van der Waals surface area contributed by atoms with Crippen molar-refractivity contribution in [3.63, 3.8) is 0 Å². The van der Waals surface area contributed by atoms with Gasteiger partial charge in [-0.2, -0.15) is 0 Å². The summed E-state index contributed by atoms with van der Waals surface area (Å²) in [5, 5.41) is 2.84. The Balaban J connectivity index is 2.25. The smallest absolute Gasteiger partial charge is 0.255 e. The van der Waals surface area contributed by atoms with E-state index in [9.17, 15) is 4.79 Å². The van der Waals surface area contributed by atoms with E-state index in [1.54, 1.807) is 25.4 Å². The van der Waals surface area contributed by atoms with Crippen LogP contribution in [0.5, 0.6) is 5.75 Å². The Hall–Kier alpha value is -2.40. The van der Waals surface area contributed by atoms with Crippen molar-refractivity contribution in [1.29, 1.82) is 0 Å². The number of anilines is 1. The van der Waals surface area contributed by atoms with E-state index in [4.69, 9.17) is 10.5 Å². The molecule has 3 N–H and O–H groups in total. The minimum Gasteiger partial charge on any atom is -0.495 e. The highest BCUT2D eigenvalue weighted by Crippen LogP contribution is 2.25. The molecule has 2 rings (SSSR count). The molecule has 0 radical (unpaired) electrons. The average molecular weight is 271 g/mol. The first-order valence-electron chi connectivity index (χ1n) is 6.25. The highest BCUT2D eigenvalue weighted by molar-refractivity contribution is 6.05. The minimum atomic E-state index is -0.217. The number of carbonyl (C=O) groups excluding carboxylic acids is 1. The molecule has 0 aliphatic rings. The van der Waals surface area contributed by atoms with E-state index in [2.05, 4.69) is 10.3 Å². The fourth-order valence-electron chi connectivity index (χ4n) is 1.85. The van der Waals surface area contributed by atoms with Crippen molar-refractivity contribution in [3.05, 3.63) is 53.3 Å². The van der Waals surface area contributed by atoms with Gasteiger partial charge in [-0.3, -0.25) is 9.78 Å². The highest BCUT2D eigenvalue weighted by Gasteiger charge is 2.10. The van der Waals surface area contributed by atoms with Crippen molar-refractivity contribution >= 4 is 11.6 Å². The summed E-state index contributed by atoms with van der Waals surface area (Å²) in [6.07, 6.45) is 1.57. The molecule has 1 heterocycles. The zero-order valence-electron chi connectivity index (χ0n) is 11.5. The molecule has 2 aromatic rings. The van der Waals surface area contributed by atoms with Crippen LogP contribution in [0.25, 0.3) is 0 Å². The molecule has 0 atom stereocenters. The van der Waals surface area contributed by atoms with Crippen LogP contribution in [0, 0.1) is 6.92 Å². The predicted molar refractivity (Wildman–Crippen MR) is 77.8 cm³/mol. The molecule has 0 aliphatic carbocycles. The number of hydrogen-bond donors (Lipinski definition) is 2. The molecule has 0 bridgehead atoms. The Bertz CT molecular complexity index is 626. The predicted octanol–water partition coefficient (Wildman–Crippen LogP) is 2.11. The van der Waals surface area contributed by atoms with Gasteiger partial charge in [-0.05, 0) is 36.8 Å².